The highest BCUT2D eigenvalue weighted by molar-refractivity contribution is 6.36. The summed E-state index contributed by atoms with van der Waals surface area (Å²) in [6, 6.07) is 0. The minimum absolute atomic E-state index is 0.335. The number of rotatable bonds is 22. The average Bonchev–Trinajstić information content (AvgIpc) is 2.69. The summed E-state index contributed by atoms with van der Waals surface area (Å²) in [6.07, 6.45) is 24.6. The van der Waals surface area contributed by atoms with Crippen molar-refractivity contribution in [3.63, 3.8) is 0 Å². The fourth-order valence-electron chi connectivity index (χ4n) is 3.66. The summed E-state index contributed by atoms with van der Waals surface area (Å²) in [7, 11) is 1.52. The van der Waals surface area contributed by atoms with Gasteiger partial charge in [0.1, 0.15) is 0 Å². The van der Waals surface area contributed by atoms with Gasteiger partial charge in [-0.2, -0.15) is 0 Å². The van der Waals surface area contributed by atoms with Crippen LogP contribution in [0.25, 0.3) is 0 Å². The van der Waals surface area contributed by atoms with Crippen LogP contribution in [-0.2, 0) is 13.3 Å². The van der Waals surface area contributed by atoms with E-state index in [0.717, 1.165) is 0 Å². The third-order valence-electron chi connectivity index (χ3n) is 5.45. The van der Waals surface area contributed by atoms with Gasteiger partial charge in [-0.1, -0.05) is 117 Å². The Balaban J connectivity index is 3.84. The van der Waals surface area contributed by atoms with Crippen molar-refractivity contribution in [1.82, 2.24) is 0 Å². The van der Waals surface area contributed by atoms with Crippen LogP contribution >= 0.6 is 0 Å². The van der Waals surface area contributed by atoms with Crippen molar-refractivity contribution in [2.45, 2.75) is 136 Å². The first-order chi connectivity index (χ1) is 13.3. The molecule has 164 valence electrons. The van der Waals surface area contributed by atoms with Gasteiger partial charge in [0.15, 0.2) is 0 Å². The lowest BCUT2D eigenvalue weighted by atomic mass is 10.0. The van der Waals surface area contributed by atoms with Crippen LogP contribution in [0, 0.1) is 0 Å². The Hall–Kier alpha value is 0.0969. The van der Waals surface area contributed by atoms with Crippen molar-refractivity contribution in [2.75, 3.05) is 14.2 Å². The monoisotopic (exact) mass is 402 g/mol. The Morgan fingerprint density at radius 3 is 1.19 bits per heavy atom. The lowest BCUT2D eigenvalue weighted by molar-refractivity contribution is 0.0735. The van der Waals surface area contributed by atoms with Crippen LogP contribution in [0.4, 0.5) is 0 Å². The molecule has 3 nitrogen and oxygen atoms in total. The van der Waals surface area contributed by atoms with E-state index in [9.17, 15) is 0 Å². The van der Waals surface area contributed by atoms with Gasteiger partial charge in [0.2, 0.25) is 0 Å². The van der Waals surface area contributed by atoms with Gasteiger partial charge in [-0.25, -0.2) is 0 Å². The molecule has 0 heterocycles. The molecule has 0 unspecified atom stereocenters. The molecule has 0 aliphatic carbocycles. The molecule has 0 aromatic rings. The summed E-state index contributed by atoms with van der Waals surface area (Å²) >= 11 is 0. The van der Waals surface area contributed by atoms with Crippen molar-refractivity contribution in [3.8, 4) is 0 Å². The molecule has 0 bridgehead atoms. The van der Waals surface area contributed by atoms with E-state index in [1.165, 1.54) is 116 Å². The predicted molar refractivity (Wildman–Crippen MR) is 120 cm³/mol. The third-order valence-corrected chi connectivity index (χ3v) is 6.82. The molecule has 0 fully saturated rings. The predicted octanol–water partition coefficient (Wildman–Crippen LogP) is 7.44. The van der Waals surface area contributed by atoms with Gasteiger partial charge in [-0.05, 0) is 12.8 Å². The molecule has 0 aromatic carbocycles. The molecule has 4 heteroatoms. The highest BCUT2D eigenvalue weighted by Crippen LogP contribution is 2.18. The van der Waals surface area contributed by atoms with Crippen LogP contribution in [0.5, 0.6) is 0 Å². The van der Waals surface area contributed by atoms with Gasteiger partial charge in [0, 0.05) is 20.3 Å². The summed E-state index contributed by atoms with van der Waals surface area (Å²) in [5.74, 6) is 0. The molecule has 0 amide bonds. The van der Waals surface area contributed by atoms with Gasteiger partial charge in [-0.3, -0.25) is 0 Å². The van der Waals surface area contributed by atoms with Gasteiger partial charge >= 0.3 is 9.53 Å². The Morgan fingerprint density at radius 1 is 0.519 bits per heavy atom. The quantitative estimate of drug-likeness (QED) is 0.139. The first-order valence-electron chi connectivity index (χ1n) is 12.0. The normalized spacial score (nSPS) is 11.8. The van der Waals surface area contributed by atoms with E-state index in [1.54, 1.807) is 14.2 Å². The number of hydrogen-bond acceptors (Lipinski definition) is 3. The van der Waals surface area contributed by atoms with Crippen LogP contribution in [0.3, 0.4) is 0 Å². The first-order valence-corrected chi connectivity index (χ1v) is 13.4. The summed E-state index contributed by atoms with van der Waals surface area (Å²) in [6.45, 7) is 4.56. The van der Waals surface area contributed by atoms with E-state index >= 15 is 0 Å². The van der Waals surface area contributed by atoms with E-state index in [1.807, 2.05) is 0 Å². The van der Waals surface area contributed by atoms with E-state index in [-0.39, 0.29) is 0 Å². The summed E-state index contributed by atoms with van der Waals surface area (Å²) < 4.78 is 16.9. The fraction of sp³-hybridized carbons (Fsp3) is 1.00. The Labute approximate surface area is 172 Å². The maximum Gasteiger partial charge on any atom is 0.483 e. The zero-order valence-corrected chi connectivity index (χ0v) is 20.3. The molecule has 0 saturated carbocycles. The Morgan fingerprint density at radius 2 is 0.852 bits per heavy atom. The molecule has 0 N–H and O–H groups in total. The highest BCUT2D eigenvalue weighted by Gasteiger charge is 2.18. The smallest absolute Gasteiger partial charge is 0.379 e. The van der Waals surface area contributed by atoms with Crippen LogP contribution in [0.2, 0.25) is 0 Å². The topological polar surface area (TPSA) is 27.7 Å². The average molecular weight is 403 g/mol. The second-order valence-corrected chi connectivity index (χ2v) is 9.84. The van der Waals surface area contributed by atoms with Gasteiger partial charge < -0.3 is 13.3 Å². The summed E-state index contributed by atoms with van der Waals surface area (Å²) in [5.41, 5.74) is 0. The maximum atomic E-state index is 6.16. The van der Waals surface area contributed by atoms with E-state index in [0.29, 0.717) is 6.10 Å². The van der Waals surface area contributed by atoms with E-state index in [2.05, 4.69) is 13.8 Å². The van der Waals surface area contributed by atoms with Crippen molar-refractivity contribution >= 4 is 9.53 Å². The largest absolute Gasteiger partial charge is 0.483 e. The minimum atomic E-state index is -1.91. The molecule has 0 aliphatic heterocycles. The lowest BCUT2D eigenvalue weighted by Crippen LogP contribution is -2.30. The second kappa shape index (κ2) is 22.4. The third kappa shape index (κ3) is 19.2. The molecular formula is C23H50O3Si. The first kappa shape index (κ1) is 27.1. The van der Waals surface area contributed by atoms with Gasteiger partial charge in [0.25, 0.3) is 0 Å². The van der Waals surface area contributed by atoms with Crippen LogP contribution in [0.15, 0.2) is 0 Å². The van der Waals surface area contributed by atoms with Gasteiger partial charge in [-0.15, -0.1) is 0 Å². The molecular weight excluding hydrogens is 352 g/mol. The molecule has 0 rings (SSSR count). The SMILES string of the molecule is CCCCCCCCCCC(CCCCCCCCCC)O[SiH](OC)OC. The molecule has 27 heavy (non-hydrogen) atoms. The number of unbranched alkanes of at least 4 members (excludes halogenated alkanes) is 14. The van der Waals surface area contributed by atoms with Crippen molar-refractivity contribution in [3.05, 3.63) is 0 Å². The fourth-order valence-corrected chi connectivity index (χ4v) is 4.66. The molecule has 0 radical (unpaired) electrons. The minimum Gasteiger partial charge on any atom is -0.379 e. The summed E-state index contributed by atoms with van der Waals surface area (Å²) in [5, 5.41) is 0. The number of hydrogen-bond donors (Lipinski definition) is 0. The molecule has 0 saturated heterocycles. The molecule has 0 aromatic heterocycles. The highest BCUT2D eigenvalue weighted by atomic mass is 28.3. The zero-order chi connectivity index (χ0) is 20.0. The van der Waals surface area contributed by atoms with Crippen LogP contribution < -0.4 is 0 Å². The van der Waals surface area contributed by atoms with Crippen LogP contribution in [0.1, 0.15) is 129 Å². The van der Waals surface area contributed by atoms with Crippen molar-refractivity contribution in [2.24, 2.45) is 0 Å². The standard InChI is InChI=1S/C23H50O3Si/c1-5-7-9-11-13-15-17-19-21-23(26-27(24-3)25-4)22-20-18-16-14-12-10-8-6-2/h23,27H,5-22H2,1-4H3. The Kier molecular flexibility index (Phi) is 22.5. The van der Waals surface area contributed by atoms with Gasteiger partial charge in [0.05, 0.1) is 0 Å². The zero-order valence-electron chi connectivity index (χ0n) is 19.1. The van der Waals surface area contributed by atoms with Crippen molar-refractivity contribution < 1.29 is 13.3 Å². The van der Waals surface area contributed by atoms with Crippen molar-refractivity contribution in [1.29, 1.82) is 0 Å². The van der Waals surface area contributed by atoms with Crippen LogP contribution in [-0.4, -0.2) is 29.9 Å². The lowest BCUT2D eigenvalue weighted by Gasteiger charge is -2.22. The maximum absolute atomic E-state index is 6.16. The van der Waals surface area contributed by atoms with E-state index in [4.69, 9.17) is 13.3 Å². The molecule has 0 aliphatic rings. The second-order valence-electron chi connectivity index (χ2n) is 8.05. The molecule has 0 spiro atoms. The Bertz CT molecular complexity index is 252. The van der Waals surface area contributed by atoms with E-state index < -0.39 is 9.53 Å². The molecule has 0 atom stereocenters. The summed E-state index contributed by atoms with van der Waals surface area (Å²) in [4.78, 5) is 0.